The van der Waals surface area contributed by atoms with Gasteiger partial charge in [-0.2, -0.15) is 0 Å². The fourth-order valence-electron chi connectivity index (χ4n) is 1.82. The first-order valence-electron chi connectivity index (χ1n) is 6.24. The number of carbonyl (C=O) groups is 1. The Balaban J connectivity index is 1.95. The van der Waals surface area contributed by atoms with Crippen LogP contribution >= 0.6 is 0 Å². The zero-order chi connectivity index (χ0) is 14.4. The minimum Gasteiger partial charge on any atom is -0.508 e. The number of benzene rings is 2. The summed E-state index contributed by atoms with van der Waals surface area (Å²) in [6.07, 6.45) is 0.107. The van der Waals surface area contributed by atoms with Crippen molar-refractivity contribution in [2.45, 2.75) is 13.0 Å². The van der Waals surface area contributed by atoms with E-state index in [1.165, 1.54) is 19.2 Å². The summed E-state index contributed by atoms with van der Waals surface area (Å²) in [5, 5.41) is 9.36. The van der Waals surface area contributed by atoms with E-state index in [0.29, 0.717) is 11.3 Å². The molecule has 0 radical (unpaired) electrons. The first-order valence-corrected chi connectivity index (χ1v) is 6.24. The van der Waals surface area contributed by atoms with E-state index in [4.69, 9.17) is 9.47 Å². The molecule has 0 amide bonds. The molecule has 0 spiro atoms. The van der Waals surface area contributed by atoms with Crippen LogP contribution in [0.25, 0.3) is 0 Å². The molecule has 0 unspecified atom stereocenters. The van der Waals surface area contributed by atoms with Crippen LogP contribution in [0.5, 0.6) is 11.5 Å². The Morgan fingerprint density at radius 2 is 1.90 bits per heavy atom. The number of ether oxygens (including phenoxy) is 2. The van der Waals surface area contributed by atoms with Crippen molar-refractivity contribution in [1.82, 2.24) is 0 Å². The fourth-order valence-corrected chi connectivity index (χ4v) is 1.82. The highest BCUT2D eigenvalue weighted by Crippen LogP contribution is 2.24. The van der Waals surface area contributed by atoms with E-state index in [1.807, 2.05) is 30.3 Å². The summed E-state index contributed by atoms with van der Waals surface area (Å²) in [5.41, 5.74) is 1.63. The van der Waals surface area contributed by atoms with Gasteiger partial charge in [-0.15, -0.1) is 0 Å². The highest BCUT2D eigenvalue weighted by atomic mass is 16.5. The minimum atomic E-state index is -0.335. The molecule has 0 saturated heterocycles. The molecule has 0 atom stereocenters. The predicted octanol–water partition coefficient (Wildman–Crippen LogP) is 2.69. The molecule has 2 aromatic carbocycles. The van der Waals surface area contributed by atoms with Crippen molar-refractivity contribution in [2.24, 2.45) is 0 Å². The molecule has 0 aromatic heterocycles. The molecular formula is C16H16O4. The van der Waals surface area contributed by atoms with Crippen LogP contribution in [0.2, 0.25) is 0 Å². The van der Waals surface area contributed by atoms with Crippen molar-refractivity contribution in [1.29, 1.82) is 0 Å². The molecule has 0 fully saturated rings. The van der Waals surface area contributed by atoms with Crippen molar-refractivity contribution >= 4 is 5.97 Å². The first kappa shape index (κ1) is 13.9. The smallest absolute Gasteiger partial charge is 0.310 e. The maximum Gasteiger partial charge on any atom is 0.310 e. The Morgan fingerprint density at radius 1 is 1.15 bits per heavy atom. The molecule has 4 nitrogen and oxygen atoms in total. The van der Waals surface area contributed by atoms with Crippen LogP contribution in [-0.2, 0) is 22.6 Å². The number of methoxy groups -OCH3 is 1. The highest BCUT2D eigenvalue weighted by molar-refractivity contribution is 5.73. The van der Waals surface area contributed by atoms with Crippen molar-refractivity contribution in [3.05, 3.63) is 59.7 Å². The lowest BCUT2D eigenvalue weighted by Gasteiger charge is -2.09. The second-order valence-electron chi connectivity index (χ2n) is 4.32. The average molecular weight is 272 g/mol. The molecule has 2 rings (SSSR count). The van der Waals surface area contributed by atoms with E-state index in [2.05, 4.69) is 0 Å². The number of phenols is 1. The fraction of sp³-hybridized carbons (Fsp3) is 0.188. The Hall–Kier alpha value is -2.49. The molecular weight excluding hydrogens is 256 g/mol. The monoisotopic (exact) mass is 272 g/mol. The minimum absolute atomic E-state index is 0.100. The summed E-state index contributed by atoms with van der Waals surface area (Å²) in [5.74, 6) is 0.239. The van der Waals surface area contributed by atoms with Crippen molar-refractivity contribution < 1.29 is 19.4 Å². The normalized spacial score (nSPS) is 10.1. The molecule has 0 bridgehead atoms. The van der Waals surface area contributed by atoms with Crippen LogP contribution in [0, 0.1) is 0 Å². The predicted molar refractivity (Wildman–Crippen MR) is 74.6 cm³/mol. The summed E-state index contributed by atoms with van der Waals surface area (Å²) < 4.78 is 10.3. The van der Waals surface area contributed by atoms with E-state index in [0.717, 1.165) is 5.56 Å². The van der Waals surface area contributed by atoms with Crippen molar-refractivity contribution in [3.8, 4) is 11.5 Å². The Kier molecular flexibility index (Phi) is 4.60. The lowest BCUT2D eigenvalue weighted by atomic mass is 10.1. The third kappa shape index (κ3) is 3.75. The average Bonchev–Trinajstić information content (AvgIpc) is 2.48. The van der Waals surface area contributed by atoms with Gasteiger partial charge in [0.25, 0.3) is 0 Å². The number of phenolic OH excluding ortho intramolecular Hbond substituents is 1. The van der Waals surface area contributed by atoms with Gasteiger partial charge < -0.3 is 14.6 Å². The molecule has 4 heteroatoms. The molecule has 0 heterocycles. The molecule has 0 aliphatic rings. The van der Waals surface area contributed by atoms with Gasteiger partial charge in [0.05, 0.1) is 13.5 Å². The van der Waals surface area contributed by atoms with Gasteiger partial charge in [0.15, 0.2) is 0 Å². The lowest BCUT2D eigenvalue weighted by molar-refractivity contribution is -0.144. The van der Waals surface area contributed by atoms with E-state index in [-0.39, 0.29) is 24.7 Å². The summed E-state index contributed by atoms with van der Waals surface area (Å²) in [7, 11) is 1.49. The van der Waals surface area contributed by atoms with Crippen LogP contribution in [0.15, 0.2) is 48.5 Å². The summed E-state index contributed by atoms with van der Waals surface area (Å²) in [4.78, 5) is 11.8. The van der Waals surface area contributed by atoms with Gasteiger partial charge >= 0.3 is 5.97 Å². The van der Waals surface area contributed by atoms with Crippen LogP contribution in [0.3, 0.4) is 0 Å². The van der Waals surface area contributed by atoms with Crippen molar-refractivity contribution in [3.63, 3.8) is 0 Å². The second kappa shape index (κ2) is 6.61. The topological polar surface area (TPSA) is 55.8 Å². The van der Waals surface area contributed by atoms with Gasteiger partial charge in [-0.1, -0.05) is 36.4 Å². The molecule has 0 saturated carbocycles. The number of rotatable bonds is 5. The lowest BCUT2D eigenvalue weighted by Crippen LogP contribution is -2.08. The maximum atomic E-state index is 11.8. The molecule has 2 aromatic rings. The standard InChI is InChI=1S/C16H16O4/c1-19-15-10-14(17)8-7-13(15)9-16(18)20-11-12-5-3-2-4-6-12/h2-8,10,17H,9,11H2,1H3. The van der Waals surface area contributed by atoms with E-state index >= 15 is 0 Å². The summed E-state index contributed by atoms with van der Waals surface area (Å²) in [6.45, 7) is 0.250. The largest absolute Gasteiger partial charge is 0.508 e. The van der Waals surface area contributed by atoms with Gasteiger partial charge in [0.1, 0.15) is 18.1 Å². The van der Waals surface area contributed by atoms with Crippen LogP contribution in [0.1, 0.15) is 11.1 Å². The van der Waals surface area contributed by atoms with Crippen molar-refractivity contribution in [2.75, 3.05) is 7.11 Å². The molecule has 1 N–H and O–H groups in total. The number of carbonyl (C=O) groups excluding carboxylic acids is 1. The molecule has 20 heavy (non-hydrogen) atoms. The molecule has 0 aliphatic heterocycles. The number of hydrogen-bond acceptors (Lipinski definition) is 4. The summed E-state index contributed by atoms with van der Waals surface area (Å²) >= 11 is 0. The SMILES string of the molecule is COc1cc(O)ccc1CC(=O)OCc1ccccc1. The van der Waals surface area contributed by atoms with Gasteiger partial charge in [0.2, 0.25) is 0 Å². The Bertz CT molecular complexity index is 578. The number of aromatic hydroxyl groups is 1. The number of esters is 1. The van der Waals surface area contributed by atoms with Crippen LogP contribution in [0.4, 0.5) is 0 Å². The van der Waals surface area contributed by atoms with Gasteiger partial charge in [-0.3, -0.25) is 4.79 Å². The molecule has 104 valence electrons. The Labute approximate surface area is 117 Å². The van der Waals surface area contributed by atoms with Crippen LogP contribution < -0.4 is 4.74 Å². The zero-order valence-corrected chi connectivity index (χ0v) is 11.2. The highest BCUT2D eigenvalue weighted by Gasteiger charge is 2.10. The second-order valence-corrected chi connectivity index (χ2v) is 4.32. The zero-order valence-electron chi connectivity index (χ0n) is 11.2. The van der Waals surface area contributed by atoms with Gasteiger partial charge in [-0.25, -0.2) is 0 Å². The van der Waals surface area contributed by atoms with E-state index in [1.54, 1.807) is 6.07 Å². The Morgan fingerprint density at radius 3 is 2.60 bits per heavy atom. The van der Waals surface area contributed by atoms with Gasteiger partial charge in [0, 0.05) is 11.6 Å². The third-order valence-corrected chi connectivity index (χ3v) is 2.85. The third-order valence-electron chi connectivity index (χ3n) is 2.85. The van der Waals surface area contributed by atoms with E-state index < -0.39 is 0 Å². The molecule has 0 aliphatic carbocycles. The quantitative estimate of drug-likeness (QED) is 0.850. The van der Waals surface area contributed by atoms with Gasteiger partial charge in [-0.05, 0) is 11.6 Å². The first-order chi connectivity index (χ1) is 9.69. The van der Waals surface area contributed by atoms with Crippen LogP contribution in [-0.4, -0.2) is 18.2 Å². The summed E-state index contributed by atoms with van der Waals surface area (Å²) in [6, 6.07) is 14.1. The van der Waals surface area contributed by atoms with E-state index in [9.17, 15) is 9.90 Å². The maximum absolute atomic E-state index is 11.8. The number of hydrogen-bond donors (Lipinski definition) is 1.